The zero-order valence-corrected chi connectivity index (χ0v) is 19.9. The number of carbonyl (C=O) groups excluding carboxylic acids is 2. The Balaban J connectivity index is 1.49. The molecule has 1 aliphatic rings. The molecule has 0 aliphatic carbocycles. The summed E-state index contributed by atoms with van der Waals surface area (Å²) in [5.74, 6) is -0.209. The largest absolute Gasteiger partial charge is 0.326 e. The van der Waals surface area contributed by atoms with E-state index in [1.54, 1.807) is 36.1 Å². The third-order valence-electron chi connectivity index (χ3n) is 5.84. The molecule has 2 amide bonds. The molecule has 0 radical (unpaired) electrons. The summed E-state index contributed by atoms with van der Waals surface area (Å²) in [5.41, 5.74) is 3.80. The van der Waals surface area contributed by atoms with E-state index >= 15 is 0 Å². The summed E-state index contributed by atoms with van der Waals surface area (Å²) in [6.45, 7) is 3.84. The van der Waals surface area contributed by atoms with E-state index in [2.05, 4.69) is 10.0 Å². The van der Waals surface area contributed by atoms with Crippen LogP contribution >= 0.6 is 0 Å². The van der Waals surface area contributed by atoms with E-state index in [1.807, 2.05) is 43.3 Å². The lowest BCUT2D eigenvalue weighted by Crippen LogP contribution is -2.35. The third kappa shape index (κ3) is 5.03. The van der Waals surface area contributed by atoms with Crippen LogP contribution in [0, 0.1) is 0 Å². The molecule has 2 N–H and O–H groups in total. The van der Waals surface area contributed by atoms with Gasteiger partial charge in [0.05, 0.1) is 4.90 Å². The molecule has 0 spiro atoms. The molecule has 3 aromatic rings. The van der Waals surface area contributed by atoms with Crippen molar-refractivity contribution < 1.29 is 18.0 Å². The molecule has 8 heteroatoms. The number of hydrogen-bond acceptors (Lipinski definition) is 4. The minimum absolute atomic E-state index is 0.0151. The van der Waals surface area contributed by atoms with Gasteiger partial charge in [-0.05, 0) is 66.9 Å². The molecule has 1 atom stereocenters. The number of amides is 2. The van der Waals surface area contributed by atoms with E-state index in [0.717, 1.165) is 23.2 Å². The van der Waals surface area contributed by atoms with Gasteiger partial charge in [0.25, 0.3) is 5.91 Å². The van der Waals surface area contributed by atoms with Crippen molar-refractivity contribution >= 4 is 33.2 Å². The van der Waals surface area contributed by atoms with Crippen molar-refractivity contribution in [2.45, 2.75) is 44.2 Å². The van der Waals surface area contributed by atoms with Crippen molar-refractivity contribution in [3.63, 3.8) is 0 Å². The average Bonchev–Trinajstić information content (AvgIpc) is 3.18. The Bertz CT molecular complexity index is 1310. The molecule has 0 saturated heterocycles. The first kappa shape index (κ1) is 23.7. The van der Waals surface area contributed by atoms with Crippen LogP contribution in [0.2, 0.25) is 0 Å². The Hall–Kier alpha value is -3.49. The van der Waals surface area contributed by atoms with Gasteiger partial charge >= 0.3 is 0 Å². The van der Waals surface area contributed by atoms with Crippen molar-refractivity contribution in [1.82, 2.24) is 4.72 Å². The molecule has 176 valence electrons. The minimum Gasteiger partial charge on any atom is -0.326 e. The number of nitrogens with zero attached hydrogens (tertiary/aromatic N) is 1. The van der Waals surface area contributed by atoms with Crippen LogP contribution in [0.25, 0.3) is 0 Å². The fourth-order valence-corrected chi connectivity index (χ4v) is 5.04. The number of rotatable bonds is 7. The molecular formula is C26H27N3O4S. The number of fused-ring (bicyclic) bond motifs is 1. The lowest BCUT2D eigenvalue weighted by Gasteiger charge is -2.23. The molecule has 0 bridgehead atoms. The van der Waals surface area contributed by atoms with E-state index in [0.29, 0.717) is 17.7 Å². The molecule has 34 heavy (non-hydrogen) atoms. The Morgan fingerprint density at radius 1 is 1.00 bits per heavy atom. The van der Waals surface area contributed by atoms with E-state index in [4.69, 9.17) is 0 Å². The predicted molar refractivity (Wildman–Crippen MR) is 132 cm³/mol. The van der Waals surface area contributed by atoms with Crippen LogP contribution < -0.4 is 14.9 Å². The summed E-state index contributed by atoms with van der Waals surface area (Å²) in [6.07, 6.45) is 1.09. The first-order valence-electron chi connectivity index (χ1n) is 11.2. The summed E-state index contributed by atoms with van der Waals surface area (Å²) in [7, 11) is -3.75. The van der Waals surface area contributed by atoms with Gasteiger partial charge in [0.2, 0.25) is 15.9 Å². The first-order chi connectivity index (χ1) is 16.3. The smallest absolute Gasteiger partial charge is 0.258 e. The number of anilines is 2. The number of benzene rings is 3. The Labute approximate surface area is 199 Å². The standard InChI is InChI=1S/C26H27N3O4S/c1-3-25(30)28-22-11-13-23(14-12-22)34(32,33)27-17-19-9-10-21-15-18(2)29(24(21)16-19)26(31)20-7-5-4-6-8-20/h4-14,16,18,27H,3,15,17H2,1-2H3,(H,28,30)/t18-/m1/s1. The monoisotopic (exact) mass is 477 g/mol. The van der Waals surface area contributed by atoms with Gasteiger partial charge in [0.15, 0.2) is 0 Å². The lowest BCUT2D eigenvalue weighted by molar-refractivity contribution is -0.115. The minimum atomic E-state index is -3.75. The molecule has 0 fully saturated rings. The molecule has 4 rings (SSSR count). The first-order valence-corrected chi connectivity index (χ1v) is 12.7. The van der Waals surface area contributed by atoms with Gasteiger partial charge in [-0.15, -0.1) is 0 Å². The summed E-state index contributed by atoms with van der Waals surface area (Å²) in [6, 6.07) is 20.9. The van der Waals surface area contributed by atoms with Crippen LogP contribution in [0.1, 0.15) is 41.8 Å². The van der Waals surface area contributed by atoms with Crippen LogP contribution in [0.5, 0.6) is 0 Å². The lowest BCUT2D eigenvalue weighted by atomic mass is 10.1. The summed E-state index contributed by atoms with van der Waals surface area (Å²) < 4.78 is 28.2. The number of carbonyl (C=O) groups is 2. The SMILES string of the molecule is CCC(=O)Nc1ccc(S(=O)(=O)NCc2ccc3c(c2)N(C(=O)c2ccccc2)[C@H](C)C3)cc1. The fraction of sp³-hybridized carbons (Fsp3) is 0.231. The zero-order valence-electron chi connectivity index (χ0n) is 19.1. The second-order valence-electron chi connectivity index (χ2n) is 8.31. The highest BCUT2D eigenvalue weighted by atomic mass is 32.2. The van der Waals surface area contributed by atoms with E-state index in [9.17, 15) is 18.0 Å². The number of nitrogens with one attached hydrogen (secondary N) is 2. The molecule has 3 aromatic carbocycles. The highest BCUT2D eigenvalue weighted by Gasteiger charge is 2.31. The maximum absolute atomic E-state index is 13.1. The van der Waals surface area contributed by atoms with E-state index in [-0.39, 0.29) is 29.3 Å². The molecule has 1 heterocycles. The molecular weight excluding hydrogens is 450 g/mol. The van der Waals surface area contributed by atoms with E-state index in [1.165, 1.54) is 12.1 Å². The molecule has 0 unspecified atom stereocenters. The quantitative estimate of drug-likeness (QED) is 0.535. The van der Waals surface area contributed by atoms with Gasteiger partial charge in [-0.2, -0.15) is 0 Å². The normalized spacial score (nSPS) is 15.1. The molecule has 0 aromatic heterocycles. The van der Waals surface area contributed by atoms with E-state index < -0.39 is 10.0 Å². The molecule has 1 aliphatic heterocycles. The Morgan fingerprint density at radius 2 is 1.71 bits per heavy atom. The van der Waals surface area contributed by atoms with Gasteiger partial charge in [-0.3, -0.25) is 9.59 Å². The average molecular weight is 478 g/mol. The van der Waals surface area contributed by atoms with Gasteiger partial charge in [-0.25, -0.2) is 13.1 Å². The van der Waals surface area contributed by atoms with Crippen molar-refractivity contribution in [2.24, 2.45) is 0 Å². The highest BCUT2D eigenvalue weighted by Crippen LogP contribution is 2.34. The van der Waals surface area contributed by atoms with Crippen LogP contribution in [-0.2, 0) is 27.8 Å². The van der Waals surface area contributed by atoms with Gasteiger partial charge in [0.1, 0.15) is 0 Å². The van der Waals surface area contributed by atoms with Crippen molar-refractivity contribution in [2.75, 3.05) is 10.2 Å². The van der Waals surface area contributed by atoms with Gasteiger partial charge < -0.3 is 10.2 Å². The second-order valence-corrected chi connectivity index (χ2v) is 10.1. The summed E-state index contributed by atoms with van der Waals surface area (Å²) in [5, 5.41) is 2.69. The van der Waals surface area contributed by atoms with Crippen LogP contribution in [0.15, 0.2) is 77.7 Å². The predicted octanol–water partition coefficient (Wildman–Crippen LogP) is 4.11. The second kappa shape index (κ2) is 9.79. The van der Waals surface area contributed by atoms with Crippen molar-refractivity contribution in [3.05, 3.63) is 89.5 Å². The zero-order chi connectivity index (χ0) is 24.3. The molecule has 7 nitrogen and oxygen atoms in total. The maximum atomic E-state index is 13.1. The summed E-state index contributed by atoms with van der Waals surface area (Å²) in [4.78, 5) is 26.5. The number of hydrogen-bond donors (Lipinski definition) is 2. The number of sulfonamides is 1. The van der Waals surface area contributed by atoms with Crippen LogP contribution in [0.4, 0.5) is 11.4 Å². The Kier molecular flexibility index (Phi) is 6.81. The topological polar surface area (TPSA) is 95.6 Å². The van der Waals surface area contributed by atoms with Crippen LogP contribution in [0.3, 0.4) is 0 Å². The van der Waals surface area contributed by atoms with Crippen LogP contribution in [-0.4, -0.2) is 26.3 Å². The summed E-state index contributed by atoms with van der Waals surface area (Å²) >= 11 is 0. The third-order valence-corrected chi connectivity index (χ3v) is 7.26. The maximum Gasteiger partial charge on any atom is 0.258 e. The van der Waals surface area contributed by atoms with Gasteiger partial charge in [-0.1, -0.05) is 37.3 Å². The fourth-order valence-electron chi connectivity index (χ4n) is 4.02. The van der Waals surface area contributed by atoms with Crippen molar-refractivity contribution in [3.8, 4) is 0 Å². The Morgan fingerprint density at radius 3 is 2.38 bits per heavy atom. The van der Waals surface area contributed by atoms with Gasteiger partial charge in [0, 0.05) is 35.9 Å². The van der Waals surface area contributed by atoms with Crippen molar-refractivity contribution in [1.29, 1.82) is 0 Å². The highest BCUT2D eigenvalue weighted by molar-refractivity contribution is 7.89. The molecule has 0 saturated carbocycles.